The van der Waals surface area contributed by atoms with Gasteiger partial charge in [0.2, 0.25) is 0 Å². The van der Waals surface area contributed by atoms with E-state index in [1.807, 2.05) is 36.4 Å². The maximum Gasteiger partial charge on any atom is 0.336 e. The summed E-state index contributed by atoms with van der Waals surface area (Å²) in [7, 11) is 0. The lowest BCUT2D eigenvalue weighted by Gasteiger charge is -2.08. The monoisotopic (exact) mass is 294 g/mol. The van der Waals surface area contributed by atoms with Crippen molar-refractivity contribution < 1.29 is 14.2 Å². The molecule has 0 aliphatic heterocycles. The van der Waals surface area contributed by atoms with Crippen molar-refractivity contribution in [2.45, 2.75) is 13.4 Å². The van der Waals surface area contributed by atoms with Gasteiger partial charge in [-0.1, -0.05) is 31.1 Å². The molecule has 0 atom stereocenters. The molecule has 1 N–H and O–H groups in total. The average molecular weight is 294 g/mol. The Bertz CT molecular complexity index is 837. The SMILES string of the molecule is CB(O)c1ccc(COc2ccc3ccc(=O)oc3c2)cc1. The first-order valence-corrected chi connectivity index (χ1v) is 7.05. The summed E-state index contributed by atoms with van der Waals surface area (Å²) in [6.45, 7) is 1.66. The summed E-state index contributed by atoms with van der Waals surface area (Å²) in [4.78, 5) is 11.2. The van der Waals surface area contributed by atoms with Gasteiger partial charge in [0.15, 0.2) is 0 Å². The van der Waals surface area contributed by atoms with Crippen molar-refractivity contribution in [1.82, 2.24) is 0 Å². The zero-order valence-electron chi connectivity index (χ0n) is 12.2. The normalized spacial score (nSPS) is 10.6. The van der Waals surface area contributed by atoms with Gasteiger partial charge in [-0.3, -0.25) is 0 Å². The molecule has 22 heavy (non-hydrogen) atoms. The van der Waals surface area contributed by atoms with Crippen molar-refractivity contribution in [3.8, 4) is 5.75 Å². The average Bonchev–Trinajstić information content (AvgIpc) is 2.53. The van der Waals surface area contributed by atoms with Crippen molar-refractivity contribution >= 4 is 23.3 Å². The third-order valence-electron chi connectivity index (χ3n) is 3.46. The van der Waals surface area contributed by atoms with Gasteiger partial charge < -0.3 is 14.2 Å². The molecule has 0 saturated carbocycles. The highest BCUT2D eigenvalue weighted by Crippen LogP contribution is 2.20. The van der Waals surface area contributed by atoms with Crippen LogP contribution in [0.15, 0.2) is 63.8 Å². The molecule has 0 amide bonds. The molecular formula is C17H15BO4. The third kappa shape index (κ3) is 3.20. The summed E-state index contributed by atoms with van der Waals surface area (Å²) in [5.74, 6) is 0.640. The molecule has 0 fully saturated rings. The second-order valence-electron chi connectivity index (χ2n) is 5.16. The fourth-order valence-electron chi connectivity index (χ4n) is 2.19. The van der Waals surface area contributed by atoms with Gasteiger partial charge in [-0.2, -0.15) is 0 Å². The standard InChI is InChI=1S/C17H15BO4/c1-18(20)14-6-2-12(3-7-14)11-21-15-8-4-13-5-9-17(19)22-16(13)10-15/h2-10,20H,11H2,1H3. The highest BCUT2D eigenvalue weighted by molar-refractivity contribution is 6.64. The molecular weight excluding hydrogens is 279 g/mol. The van der Waals surface area contributed by atoms with E-state index in [1.54, 1.807) is 19.0 Å². The molecule has 0 radical (unpaired) electrons. The fourth-order valence-corrected chi connectivity index (χ4v) is 2.19. The Kier molecular flexibility index (Phi) is 3.98. The molecule has 3 rings (SSSR count). The zero-order chi connectivity index (χ0) is 15.5. The maximum absolute atomic E-state index is 11.2. The largest absolute Gasteiger partial charge is 0.489 e. The molecule has 0 saturated heterocycles. The van der Waals surface area contributed by atoms with Crippen molar-refractivity contribution in [3.63, 3.8) is 0 Å². The predicted molar refractivity (Wildman–Crippen MR) is 86.7 cm³/mol. The molecule has 0 aliphatic rings. The lowest BCUT2D eigenvalue weighted by Crippen LogP contribution is -2.25. The van der Waals surface area contributed by atoms with E-state index in [0.717, 1.165) is 16.4 Å². The van der Waals surface area contributed by atoms with Crippen LogP contribution >= 0.6 is 0 Å². The van der Waals surface area contributed by atoms with E-state index in [2.05, 4.69) is 0 Å². The predicted octanol–water partition coefficient (Wildman–Crippen LogP) is 2.19. The molecule has 3 aromatic rings. The van der Waals surface area contributed by atoms with Gasteiger partial charge in [0, 0.05) is 17.5 Å². The van der Waals surface area contributed by atoms with Crippen LogP contribution in [-0.2, 0) is 6.61 Å². The number of hydrogen-bond acceptors (Lipinski definition) is 4. The lowest BCUT2D eigenvalue weighted by atomic mass is 9.64. The van der Waals surface area contributed by atoms with Crippen molar-refractivity contribution in [2.24, 2.45) is 0 Å². The number of rotatable bonds is 4. The first-order chi connectivity index (χ1) is 10.6. The minimum atomic E-state index is -0.474. The van der Waals surface area contributed by atoms with Gasteiger partial charge in [-0.05, 0) is 29.2 Å². The summed E-state index contributed by atoms with van der Waals surface area (Å²) < 4.78 is 10.8. The quantitative estimate of drug-likeness (QED) is 0.592. The first-order valence-electron chi connectivity index (χ1n) is 7.05. The van der Waals surface area contributed by atoms with Gasteiger partial charge in [0.1, 0.15) is 17.9 Å². The Balaban J connectivity index is 1.74. The molecule has 0 unspecified atom stereocenters. The Morgan fingerprint density at radius 3 is 2.55 bits per heavy atom. The van der Waals surface area contributed by atoms with E-state index < -0.39 is 6.92 Å². The van der Waals surface area contributed by atoms with Crippen LogP contribution in [-0.4, -0.2) is 11.9 Å². The highest BCUT2D eigenvalue weighted by Gasteiger charge is 2.06. The number of benzene rings is 2. The van der Waals surface area contributed by atoms with Crippen LogP contribution < -0.4 is 15.8 Å². The number of fused-ring (bicyclic) bond motifs is 1. The topological polar surface area (TPSA) is 59.7 Å². The van der Waals surface area contributed by atoms with E-state index in [4.69, 9.17) is 9.15 Å². The molecule has 0 spiro atoms. The summed E-state index contributed by atoms with van der Waals surface area (Å²) >= 11 is 0. The molecule has 110 valence electrons. The van der Waals surface area contributed by atoms with E-state index in [-0.39, 0.29) is 5.63 Å². The van der Waals surface area contributed by atoms with Gasteiger partial charge in [0.25, 0.3) is 0 Å². The van der Waals surface area contributed by atoms with Crippen LogP contribution in [0.25, 0.3) is 11.0 Å². The van der Waals surface area contributed by atoms with Crippen LogP contribution in [0.4, 0.5) is 0 Å². The molecule has 5 heteroatoms. The fraction of sp³-hybridized carbons (Fsp3) is 0.118. The summed E-state index contributed by atoms with van der Waals surface area (Å²) in [6, 6.07) is 16.1. The summed E-state index contributed by atoms with van der Waals surface area (Å²) in [5.41, 5.74) is 2.00. The van der Waals surface area contributed by atoms with Crippen LogP contribution in [0.1, 0.15) is 5.56 Å². The summed E-state index contributed by atoms with van der Waals surface area (Å²) in [5, 5.41) is 10.3. The molecule has 0 bridgehead atoms. The van der Waals surface area contributed by atoms with Gasteiger partial charge in [-0.25, -0.2) is 4.79 Å². The second kappa shape index (κ2) is 6.07. The second-order valence-corrected chi connectivity index (χ2v) is 5.16. The smallest absolute Gasteiger partial charge is 0.336 e. The number of ether oxygens (including phenoxy) is 1. The third-order valence-corrected chi connectivity index (χ3v) is 3.46. The minimum Gasteiger partial charge on any atom is -0.489 e. The van der Waals surface area contributed by atoms with Crippen LogP contribution in [0.2, 0.25) is 6.82 Å². The van der Waals surface area contributed by atoms with E-state index in [9.17, 15) is 9.82 Å². The Labute approximate surface area is 128 Å². The van der Waals surface area contributed by atoms with Crippen molar-refractivity contribution in [1.29, 1.82) is 0 Å². The maximum atomic E-state index is 11.2. The Hall–Kier alpha value is -2.53. The molecule has 1 heterocycles. The van der Waals surface area contributed by atoms with Gasteiger partial charge >= 0.3 is 12.5 Å². The van der Waals surface area contributed by atoms with Crippen LogP contribution in [0.5, 0.6) is 5.75 Å². The Morgan fingerprint density at radius 1 is 1.09 bits per heavy atom. The molecule has 4 nitrogen and oxygen atoms in total. The molecule has 0 aliphatic carbocycles. The zero-order valence-corrected chi connectivity index (χ0v) is 12.2. The van der Waals surface area contributed by atoms with Gasteiger partial charge in [0.05, 0.1) is 0 Å². The highest BCUT2D eigenvalue weighted by atomic mass is 16.5. The number of hydrogen-bond donors (Lipinski definition) is 1. The van der Waals surface area contributed by atoms with Crippen LogP contribution in [0, 0.1) is 0 Å². The van der Waals surface area contributed by atoms with Crippen molar-refractivity contribution in [2.75, 3.05) is 0 Å². The Morgan fingerprint density at radius 2 is 1.82 bits per heavy atom. The van der Waals surface area contributed by atoms with Crippen LogP contribution in [0.3, 0.4) is 0 Å². The van der Waals surface area contributed by atoms with E-state index in [0.29, 0.717) is 17.9 Å². The van der Waals surface area contributed by atoms with E-state index >= 15 is 0 Å². The van der Waals surface area contributed by atoms with Gasteiger partial charge in [-0.15, -0.1) is 0 Å². The first kappa shape index (κ1) is 14.4. The minimum absolute atomic E-state index is 0.377. The summed E-state index contributed by atoms with van der Waals surface area (Å²) in [6.07, 6.45) is 0. The van der Waals surface area contributed by atoms with E-state index in [1.165, 1.54) is 6.07 Å². The van der Waals surface area contributed by atoms with Crippen molar-refractivity contribution in [3.05, 3.63) is 70.6 Å². The molecule has 2 aromatic carbocycles. The lowest BCUT2D eigenvalue weighted by molar-refractivity contribution is 0.306. The molecule has 1 aromatic heterocycles.